The summed E-state index contributed by atoms with van der Waals surface area (Å²) in [5, 5.41) is 29.4. The Morgan fingerprint density at radius 1 is 1.52 bits per heavy atom. The third-order valence-corrected chi connectivity index (χ3v) is 4.52. The molecular formula is C15H22O6. The molecule has 1 fully saturated rings. The van der Waals surface area contributed by atoms with Gasteiger partial charge in [0.05, 0.1) is 6.10 Å². The number of aliphatic hydroxyl groups excluding tert-OH is 1. The van der Waals surface area contributed by atoms with E-state index in [0.717, 1.165) is 0 Å². The lowest BCUT2D eigenvalue weighted by molar-refractivity contribution is -0.272. The molecule has 1 heterocycles. The van der Waals surface area contributed by atoms with Crippen molar-refractivity contribution in [1.29, 1.82) is 0 Å². The van der Waals surface area contributed by atoms with Gasteiger partial charge in [0, 0.05) is 12.3 Å². The molecule has 2 rings (SSSR count). The molecule has 5 atom stereocenters. The van der Waals surface area contributed by atoms with Crippen LogP contribution < -0.4 is 0 Å². The van der Waals surface area contributed by atoms with Gasteiger partial charge in [-0.2, -0.15) is 0 Å². The van der Waals surface area contributed by atoms with Crippen LogP contribution in [0.1, 0.15) is 33.1 Å². The van der Waals surface area contributed by atoms with Crippen LogP contribution in [0.5, 0.6) is 0 Å². The second kappa shape index (κ2) is 5.88. The molecule has 0 radical (unpaired) electrons. The molecule has 0 saturated carbocycles. The Morgan fingerprint density at radius 2 is 2.19 bits per heavy atom. The number of rotatable bonds is 1. The van der Waals surface area contributed by atoms with Crippen LogP contribution in [0.4, 0.5) is 0 Å². The van der Waals surface area contributed by atoms with E-state index in [4.69, 9.17) is 9.99 Å². The van der Waals surface area contributed by atoms with Gasteiger partial charge in [0.15, 0.2) is 5.60 Å². The molecule has 0 aromatic rings. The first-order valence-corrected chi connectivity index (χ1v) is 7.05. The van der Waals surface area contributed by atoms with Crippen LogP contribution in [0.2, 0.25) is 0 Å². The van der Waals surface area contributed by atoms with Crippen LogP contribution >= 0.6 is 0 Å². The lowest BCUT2D eigenvalue weighted by Gasteiger charge is -2.27. The van der Waals surface area contributed by atoms with Crippen LogP contribution in [0.15, 0.2) is 23.8 Å². The van der Waals surface area contributed by atoms with E-state index in [2.05, 4.69) is 11.5 Å². The average molecular weight is 298 g/mol. The van der Waals surface area contributed by atoms with E-state index in [1.165, 1.54) is 6.92 Å². The summed E-state index contributed by atoms with van der Waals surface area (Å²) in [6.45, 7) is 7.01. The van der Waals surface area contributed by atoms with Crippen LogP contribution in [0.3, 0.4) is 0 Å². The number of hydrogen-bond acceptors (Lipinski definition) is 6. The summed E-state index contributed by atoms with van der Waals surface area (Å²) in [7, 11) is 0. The quantitative estimate of drug-likeness (QED) is 0.291. The zero-order chi connectivity index (χ0) is 15.8. The molecule has 5 unspecified atom stereocenters. The SMILES string of the molecule is C=C1CCC2C(C=C(C)C(O)CC1OO)OC(=O)C2(C)O. The molecule has 118 valence electrons. The maximum absolute atomic E-state index is 11.8. The van der Waals surface area contributed by atoms with Gasteiger partial charge < -0.3 is 14.9 Å². The lowest BCUT2D eigenvalue weighted by atomic mass is 9.80. The molecule has 0 bridgehead atoms. The minimum atomic E-state index is -1.57. The molecule has 1 aliphatic carbocycles. The van der Waals surface area contributed by atoms with Crippen LogP contribution in [-0.2, 0) is 14.4 Å². The maximum atomic E-state index is 11.8. The Labute approximate surface area is 123 Å². The second-order valence-electron chi connectivity index (χ2n) is 6.08. The number of esters is 1. The Bertz CT molecular complexity index is 467. The van der Waals surface area contributed by atoms with Crippen molar-refractivity contribution in [3.05, 3.63) is 23.8 Å². The molecule has 0 aromatic carbocycles. The largest absolute Gasteiger partial charge is 0.456 e. The minimum Gasteiger partial charge on any atom is -0.456 e. The Morgan fingerprint density at radius 3 is 2.81 bits per heavy atom. The van der Waals surface area contributed by atoms with Crippen molar-refractivity contribution >= 4 is 5.97 Å². The zero-order valence-corrected chi connectivity index (χ0v) is 12.3. The summed E-state index contributed by atoms with van der Waals surface area (Å²) < 4.78 is 5.23. The number of fused-ring (bicyclic) bond motifs is 1. The molecule has 0 aromatic heterocycles. The lowest BCUT2D eigenvalue weighted by Crippen LogP contribution is -2.39. The van der Waals surface area contributed by atoms with Crippen LogP contribution in [-0.4, -0.2) is 45.4 Å². The predicted molar refractivity (Wildman–Crippen MR) is 74.3 cm³/mol. The highest BCUT2D eigenvalue weighted by Gasteiger charge is 2.52. The van der Waals surface area contributed by atoms with E-state index < -0.39 is 35.8 Å². The molecular weight excluding hydrogens is 276 g/mol. The van der Waals surface area contributed by atoms with Gasteiger partial charge in [0.1, 0.15) is 12.2 Å². The summed E-state index contributed by atoms with van der Waals surface area (Å²) in [4.78, 5) is 16.2. The summed E-state index contributed by atoms with van der Waals surface area (Å²) >= 11 is 0. The zero-order valence-electron chi connectivity index (χ0n) is 12.3. The van der Waals surface area contributed by atoms with Gasteiger partial charge in [-0.25, -0.2) is 9.68 Å². The van der Waals surface area contributed by atoms with Gasteiger partial charge in [-0.15, -0.1) is 0 Å². The number of ether oxygens (including phenoxy) is 1. The van der Waals surface area contributed by atoms with E-state index in [-0.39, 0.29) is 6.42 Å². The van der Waals surface area contributed by atoms with Crippen molar-refractivity contribution in [2.45, 2.75) is 57.0 Å². The number of hydrogen-bond donors (Lipinski definition) is 3. The Kier molecular flexibility index (Phi) is 4.53. The summed E-state index contributed by atoms with van der Waals surface area (Å²) in [5.41, 5.74) is -0.353. The monoisotopic (exact) mass is 298 g/mol. The molecule has 6 heteroatoms. The molecule has 3 N–H and O–H groups in total. The van der Waals surface area contributed by atoms with Crippen molar-refractivity contribution in [1.82, 2.24) is 0 Å². The third kappa shape index (κ3) is 3.03. The standard InChI is InChI=1S/C15H22O6/c1-8-4-5-10-13(20-14(17)15(10,3)18)6-9(2)11(16)7-12(8)21-19/h6,10-13,16,18-19H,1,4-5,7H2,2-3H3. The van der Waals surface area contributed by atoms with Gasteiger partial charge in [0.2, 0.25) is 0 Å². The first-order valence-electron chi connectivity index (χ1n) is 7.05. The van der Waals surface area contributed by atoms with Crippen molar-refractivity contribution in [3.8, 4) is 0 Å². The fourth-order valence-corrected chi connectivity index (χ4v) is 2.94. The number of aliphatic hydroxyl groups is 2. The average Bonchev–Trinajstić information content (AvgIpc) is 2.62. The second-order valence-corrected chi connectivity index (χ2v) is 6.08. The number of carbonyl (C=O) groups is 1. The van der Waals surface area contributed by atoms with Gasteiger partial charge in [-0.3, -0.25) is 5.26 Å². The highest BCUT2D eigenvalue weighted by Crippen LogP contribution is 2.38. The van der Waals surface area contributed by atoms with Gasteiger partial charge in [-0.05, 0) is 43.9 Å². The fourth-order valence-electron chi connectivity index (χ4n) is 2.94. The maximum Gasteiger partial charge on any atom is 0.338 e. The fraction of sp³-hybridized carbons (Fsp3) is 0.667. The van der Waals surface area contributed by atoms with Crippen LogP contribution in [0, 0.1) is 5.92 Å². The normalized spacial score (nSPS) is 41.3. The van der Waals surface area contributed by atoms with Crippen molar-refractivity contribution in [2.24, 2.45) is 5.92 Å². The molecule has 1 aliphatic heterocycles. The summed E-state index contributed by atoms with van der Waals surface area (Å²) in [6, 6.07) is 0. The van der Waals surface area contributed by atoms with Gasteiger partial charge >= 0.3 is 5.97 Å². The summed E-state index contributed by atoms with van der Waals surface area (Å²) in [6.07, 6.45) is 0.684. The molecule has 0 amide bonds. The Balaban J connectivity index is 2.34. The summed E-state index contributed by atoms with van der Waals surface area (Å²) in [5.74, 6) is -1.09. The minimum absolute atomic E-state index is 0.180. The van der Waals surface area contributed by atoms with Gasteiger partial charge in [-0.1, -0.05) is 6.58 Å². The predicted octanol–water partition coefficient (Wildman–Crippen LogP) is 1.18. The molecule has 6 nitrogen and oxygen atoms in total. The topological polar surface area (TPSA) is 96.2 Å². The highest BCUT2D eigenvalue weighted by atomic mass is 17.1. The first-order chi connectivity index (χ1) is 9.77. The van der Waals surface area contributed by atoms with Crippen molar-refractivity contribution < 1.29 is 29.9 Å². The molecule has 0 spiro atoms. The highest BCUT2D eigenvalue weighted by molar-refractivity contribution is 5.82. The molecule has 21 heavy (non-hydrogen) atoms. The first kappa shape index (κ1) is 16.2. The number of carbonyl (C=O) groups excluding carboxylic acids is 1. The van der Waals surface area contributed by atoms with E-state index in [1.54, 1.807) is 13.0 Å². The Hall–Kier alpha value is -1.21. The van der Waals surface area contributed by atoms with E-state index >= 15 is 0 Å². The van der Waals surface area contributed by atoms with E-state index in [9.17, 15) is 15.0 Å². The van der Waals surface area contributed by atoms with Crippen molar-refractivity contribution in [3.63, 3.8) is 0 Å². The smallest absolute Gasteiger partial charge is 0.338 e. The van der Waals surface area contributed by atoms with E-state index in [1.807, 2.05) is 0 Å². The van der Waals surface area contributed by atoms with Crippen LogP contribution in [0.25, 0.3) is 0 Å². The van der Waals surface area contributed by atoms with E-state index in [0.29, 0.717) is 24.0 Å². The third-order valence-electron chi connectivity index (χ3n) is 4.52. The van der Waals surface area contributed by atoms with Crippen molar-refractivity contribution in [2.75, 3.05) is 0 Å². The van der Waals surface area contributed by atoms with Gasteiger partial charge in [0.25, 0.3) is 0 Å². The molecule has 2 aliphatic rings. The molecule has 1 saturated heterocycles.